The van der Waals surface area contributed by atoms with Gasteiger partial charge in [0.2, 0.25) is 0 Å². The fourth-order valence-electron chi connectivity index (χ4n) is 4.59. The van der Waals surface area contributed by atoms with Crippen molar-refractivity contribution >= 4 is 11.9 Å². The Balaban J connectivity index is 1.48. The highest BCUT2D eigenvalue weighted by Crippen LogP contribution is 2.49. The van der Waals surface area contributed by atoms with E-state index in [1.54, 1.807) is 6.92 Å². The van der Waals surface area contributed by atoms with E-state index >= 15 is 0 Å². The Labute approximate surface area is 183 Å². The SMILES string of the molecule is C=C1C(=O)O[C@H]2[C@H]1CC/C(COC(C(=O)OCC)c1ccccc1)=C/CC[C@@]1(C)O[C@@H]21. The molecule has 0 spiro atoms. The minimum Gasteiger partial charge on any atom is -0.464 e. The molecule has 3 aliphatic rings. The molecule has 6 nitrogen and oxygen atoms in total. The van der Waals surface area contributed by atoms with Gasteiger partial charge in [0.25, 0.3) is 0 Å². The predicted molar refractivity (Wildman–Crippen MR) is 114 cm³/mol. The Hall–Kier alpha value is -2.44. The average Bonchev–Trinajstić information content (AvgIpc) is 3.35. The molecule has 166 valence electrons. The molecule has 4 rings (SSSR count). The van der Waals surface area contributed by atoms with Gasteiger partial charge in [-0.15, -0.1) is 0 Å². The summed E-state index contributed by atoms with van der Waals surface area (Å²) in [6, 6.07) is 9.39. The molecule has 0 bridgehead atoms. The molecule has 1 aromatic carbocycles. The second-order valence-electron chi connectivity index (χ2n) is 8.65. The Morgan fingerprint density at radius 1 is 1.32 bits per heavy atom. The maximum Gasteiger partial charge on any atom is 0.339 e. The van der Waals surface area contributed by atoms with Gasteiger partial charge in [-0.05, 0) is 50.7 Å². The first kappa shape index (κ1) is 21.8. The molecule has 2 fully saturated rings. The molecule has 0 N–H and O–H groups in total. The molecule has 5 atom stereocenters. The standard InChI is InChI=1S/C25H30O6/c1-4-28-24(27)20(18-10-6-5-7-11-18)29-15-17-9-8-14-25(3)22(31-25)21-19(13-12-17)16(2)23(26)30-21/h5-7,9-11,19-22H,2,4,8,12-15H2,1,3H3/b17-9-/t19-,20?,21-,22-,25+/m0/s1. The molecular formula is C25H30O6. The van der Waals surface area contributed by atoms with Crippen LogP contribution in [0.2, 0.25) is 0 Å². The van der Waals surface area contributed by atoms with Gasteiger partial charge in [0, 0.05) is 11.5 Å². The quantitative estimate of drug-likeness (QED) is 0.296. The number of esters is 2. The maximum absolute atomic E-state index is 12.5. The van der Waals surface area contributed by atoms with E-state index in [4.69, 9.17) is 18.9 Å². The Kier molecular flexibility index (Phi) is 6.30. The number of hydrogen-bond acceptors (Lipinski definition) is 6. The van der Waals surface area contributed by atoms with Gasteiger partial charge < -0.3 is 18.9 Å². The van der Waals surface area contributed by atoms with Crippen molar-refractivity contribution in [3.8, 4) is 0 Å². The summed E-state index contributed by atoms with van der Waals surface area (Å²) in [6.45, 7) is 8.43. The van der Waals surface area contributed by atoms with Crippen LogP contribution in [0.4, 0.5) is 0 Å². The molecule has 1 aliphatic carbocycles. The predicted octanol–water partition coefficient (Wildman–Crippen LogP) is 4.06. The van der Waals surface area contributed by atoms with Gasteiger partial charge in [-0.2, -0.15) is 0 Å². The number of benzene rings is 1. The lowest BCUT2D eigenvalue weighted by atomic mass is 9.84. The molecule has 2 saturated heterocycles. The Bertz CT molecular complexity index is 875. The van der Waals surface area contributed by atoms with E-state index in [0.29, 0.717) is 18.8 Å². The third-order valence-electron chi connectivity index (χ3n) is 6.48. The highest BCUT2D eigenvalue weighted by atomic mass is 16.6. The van der Waals surface area contributed by atoms with E-state index in [0.717, 1.165) is 36.8 Å². The van der Waals surface area contributed by atoms with E-state index in [1.165, 1.54) is 0 Å². The topological polar surface area (TPSA) is 74.4 Å². The number of epoxide rings is 1. The zero-order valence-corrected chi connectivity index (χ0v) is 18.2. The van der Waals surface area contributed by atoms with Crippen molar-refractivity contribution in [3.63, 3.8) is 0 Å². The summed E-state index contributed by atoms with van der Waals surface area (Å²) in [5.74, 6) is -0.768. The van der Waals surface area contributed by atoms with E-state index in [9.17, 15) is 9.59 Å². The molecule has 6 heteroatoms. The summed E-state index contributed by atoms with van der Waals surface area (Å²) >= 11 is 0. The zero-order valence-electron chi connectivity index (χ0n) is 18.2. The number of hydrogen-bond donors (Lipinski definition) is 0. The molecule has 1 aromatic rings. The summed E-state index contributed by atoms with van der Waals surface area (Å²) in [5, 5.41) is 0. The highest BCUT2D eigenvalue weighted by Gasteiger charge is 2.61. The van der Waals surface area contributed by atoms with Crippen LogP contribution in [0.5, 0.6) is 0 Å². The number of rotatable bonds is 6. The average molecular weight is 427 g/mol. The number of fused-ring (bicyclic) bond motifs is 3. The fraction of sp³-hybridized carbons (Fsp3) is 0.520. The molecule has 0 saturated carbocycles. The zero-order chi connectivity index (χ0) is 22.0. The molecular weight excluding hydrogens is 396 g/mol. The minimum atomic E-state index is -0.773. The number of carbonyl (C=O) groups excluding carboxylic acids is 2. The second kappa shape index (κ2) is 8.97. The smallest absolute Gasteiger partial charge is 0.339 e. The van der Waals surface area contributed by atoms with Gasteiger partial charge in [0.05, 0.1) is 18.8 Å². The van der Waals surface area contributed by atoms with Gasteiger partial charge in [-0.3, -0.25) is 0 Å². The summed E-state index contributed by atoms with van der Waals surface area (Å²) in [4.78, 5) is 24.6. The summed E-state index contributed by atoms with van der Waals surface area (Å²) in [7, 11) is 0. The first-order valence-electron chi connectivity index (χ1n) is 11.0. The Morgan fingerprint density at radius 2 is 2.10 bits per heavy atom. The van der Waals surface area contributed by atoms with Crippen molar-refractivity contribution in [2.24, 2.45) is 5.92 Å². The van der Waals surface area contributed by atoms with Crippen molar-refractivity contribution in [3.05, 3.63) is 59.7 Å². The molecule has 1 unspecified atom stereocenters. The van der Waals surface area contributed by atoms with Crippen LogP contribution in [-0.4, -0.2) is 43.0 Å². The van der Waals surface area contributed by atoms with Crippen LogP contribution in [-0.2, 0) is 28.5 Å². The maximum atomic E-state index is 12.5. The summed E-state index contributed by atoms with van der Waals surface area (Å²) < 4.78 is 22.9. The van der Waals surface area contributed by atoms with Crippen LogP contribution in [0.3, 0.4) is 0 Å². The van der Waals surface area contributed by atoms with Crippen molar-refractivity contribution in [1.29, 1.82) is 0 Å². The lowest BCUT2D eigenvalue weighted by Gasteiger charge is -2.21. The van der Waals surface area contributed by atoms with Crippen LogP contribution in [0, 0.1) is 5.92 Å². The monoisotopic (exact) mass is 426 g/mol. The van der Waals surface area contributed by atoms with Crippen LogP contribution in [0.25, 0.3) is 0 Å². The van der Waals surface area contributed by atoms with Gasteiger partial charge in [-0.1, -0.05) is 43.0 Å². The number of carbonyl (C=O) groups is 2. The normalized spacial score (nSPS) is 32.7. The van der Waals surface area contributed by atoms with E-state index in [-0.39, 0.29) is 35.7 Å². The van der Waals surface area contributed by atoms with Crippen molar-refractivity contribution in [2.75, 3.05) is 13.2 Å². The van der Waals surface area contributed by atoms with Crippen molar-refractivity contribution < 1.29 is 28.5 Å². The summed E-state index contributed by atoms with van der Waals surface area (Å²) in [6.07, 6.45) is 4.24. The molecule has 0 amide bonds. The van der Waals surface area contributed by atoms with Crippen molar-refractivity contribution in [2.45, 2.75) is 63.4 Å². The van der Waals surface area contributed by atoms with Crippen LogP contribution >= 0.6 is 0 Å². The number of ether oxygens (including phenoxy) is 4. The van der Waals surface area contributed by atoms with Gasteiger partial charge in [0.1, 0.15) is 12.2 Å². The molecule has 0 aromatic heterocycles. The minimum absolute atomic E-state index is 0.0572. The summed E-state index contributed by atoms with van der Waals surface area (Å²) in [5.41, 5.74) is 2.12. The molecule has 2 heterocycles. The fourth-order valence-corrected chi connectivity index (χ4v) is 4.59. The van der Waals surface area contributed by atoms with E-state index < -0.39 is 6.10 Å². The van der Waals surface area contributed by atoms with Gasteiger partial charge >= 0.3 is 11.9 Å². The van der Waals surface area contributed by atoms with E-state index in [1.807, 2.05) is 30.3 Å². The van der Waals surface area contributed by atoms with Crippen LogP contribution in [0.1, 0.15) is 51.2 Å². The lowest BCUT2D eigenvalue weighted by Crippen LogP contribution is -2.29. The first-order valence-corrected chi connectivity index (χ1v) is 11.0. The first-order chi connectivity index (χ1) is 14.9. The molecule has 31 heavy (non-hydrogen) atoms. The van der Waals surface area contributed by atoms with E-state index in [2.05, 4.69) is 19.6 Å². The second-order valence-corrected chi connectivity index (χ2v) is 8.65. The van der Waals surface area contributed by atoms with Crippen molar-refractivity contribution in [1.82, 2.24) is 0 Å². The Morgan fingerprint density at radius 3 is 2.84 bits per heavy atom. The highest BCUT2D eigenvalue weighted by molar-refractivity contribution is 5.91. The third kappa shape index (κ3) is 4.60. The number of allylic oxidation sites excluding steroid dienone is 1. The molecule has 2 aliphatic heterocycles. The van der Waals surface area contributed by atoms with Crippen LogP contribution in [0.15, 0.2) is 54.1 Å². The van der Waals surface area contributed by atoms with Crippen LogP contribution < -0.4 is 0 Å². The molecule has 0 radical (unpaired) electrons. The largest absolute Gasteiger partial charge is 0.464 e. The van der Waals surface area contributed by atoms with Gasteiger partial charge in [0.15, 0.2) is 6.10 Å². The third-order valence-corrected chi connectivity index (χ3v) is 6.48. The van der Waals surface area contributed by atoms with Gasteiger partial charge in [-0.25, -0.2) is 9.59 Å². The lowest BCUT2D eigenvalue weighted by molar-refractivity contribution is -0.156.